The fraction of sp³-hybridized carbons (Fsp3) is 0.615. The monoisotopic (exact) mass is 265 g/mol. The number of carbonyl (C=O) groups excluding carboxylic acids is 2. The lowest BCUT2D eigenvalue weighted by Crippen LogP contribution is -2.43. The number of rotatable bonds is 3. The zero-order chi connectivity index (χ0) is 14.0. The Morgan fingerprint density at radius 2 is 2.26 bits per heavy atom. The van der Waals surface area contributed by atoms with Crippen molar-refractivity contribution in [3.63, 3.8) is 0 Å². The SMILES string of the molecule is Cc1noc(C)c1CN(C)C(=O)[C@H]1CCC(=O)NC1. The molecule has 1 aliphatic heterocycles. The summed E-state index contributed by atoms with van der Waals surface area (Å²) in [6.45, 7) is 4.63. The van der Waals surface area contributed by atoms with Crippen molar-refractivity contribution >= 4 is 11.8 Å². The summed E-state index contributed by atoms with van der Waals surface area (Å²) in [5, 5.41) is 6.61. The van der Waals surface area contributed by atoms with Crippen LogP contribution in [0.5, 0.6) is 0 Å². The maximum Gasteiger partial charge on any atom is 0.227 e. The van der Waals surface area contributed by atoms with Gasteiger partial charge >= 0.3 is 0 Å². The van der Waals surface area contributed by atoms with Gasteiger partial charge in [-0.15, -0.1) is 0 Å². The fourth-order valence-electron chi connectivity index (χ4n) is 2.30. The zero-order valence-electron chi connectivity index (χ0n) is 11.5. The van der Waals surface area contributed by atoms with Gasteiger partial charge in [-0.2, -0.15) is 0 Å². The van der Waals surface area contributed by atoms with Gasteiger partial charge in [0.15, 0.2) is 0 Å². The first kappa shape index (κ1) is 13.6. The third-order valence-corrected chi connectivity index (χ3v) is 3.57. The molecule has 0 radical (unpaired) electrons. The average Bonchev–Trinajstić information content (AvgIpc) is 2.70. The van der Waals surface area contributed by atoms with Gasteiger partial charge in [-0.1, -0.05) is 5.16 Å². The minimum absolute atomic E-state index is 0.0254. The topological polar surface area (TPSA) is 75.4 Å². The number of piperidine rings is 1. The second-order valence-corrected chi connectivity index (χ2v) is 5.04. The molecule has 2 rings (SSSR count). The molecule has 1 atom stereocenters. The molecule has 0 aromatic carbocycles. The molecule has 1 fully saturated rings. The molecular weight excluding hydrogens is 246 g/mol. The summed E-state index contributed by atoms with van der Waals surface area (Å²) in [6, 6.07) is 0. The van der Waals surface area contributed by atoms with Crippen LogP contribution in [0, 0.1) is 19.8 Å². The number of nitrogens with one attached hydrogen (secondary N) is 1. The third kappa shape index (κ3) is 2.94. The summed E-state index contributed by atoms with van der Waals surface area (Å²) in [5.74, 6) is 0.703. The van der Waals surface area contributed by atoms with Crippen molar-refractivity contribution in [1.82, 2.24) is 15.4 Å². The minimum atomic E-state index is -0.122. The van der Waals surface area contributed by atoms with Crippen LogP contribution in [0.25, 0.3) is 0 Å². The highest BCUT2D eigenvalue weighted by Gasteiger charge is 2.27. The van der Waals surface area contributed by atoms with Crippen LogP contribution in [-0.2, 0) is 16.1 Å². The van der Waals surface area contributed by atoms with E-state index in [2.05, 4.69) is 10.5 Å². The Balaban J connectivity index is 1.98. The van der Waals surface area contributed by atoms with Crippen LogP contribution in [0.2, 0.25) is 0 Å². The van der Waals surface area contributed by atoms with Crippen molar-refractivity contribution in [2.45, 2.75) is 33.2 Å². The molecule has 1 aliphatic rings. The minimum Gasteiger partial charge on any atom is -0.361 e. The molecule has 0 spiro atoms. The summed E-state index contributed by atoms with van der Waals surface area (Å²) in [6.07, 6.45) is 1.05. The van der Waals surface area contributed by atoms with Crippen LogP contribution >= 0.6 is 0 Å². The van der Waals surface area contributed by atoms with Gasteiger partial charge in [0.1, 0.15) is 5.76 Å². The largest absolute Gasteiger partial charge is 0.361 e. The maximum atomic E-state index is 12.3. The molecule has 6 nitrogen and oxygen atoms in total. The first-order valence-corrected chi connectivity index (χ1v) is 6.42. The first-order valence-electron chi connectivity index (χ1n) is 6.42. The molecule has 19 heavy (non-hydrogen) atoms. The van der Waals surface area contributed by atoms with E-state index in [-0.39, 0.29) is 17.7 Å². The van der Waals surface area contributed by atoms with Crippen LogP contribution < -0.4 is 5.32 Å². The Hall–Kier alpha value is -1.85. The zero-order valence-corrected chi connectivity index (χ0v) is 11.5. The molecule has 0 unspecified atom stereocenters. The molecule has 1 aromatic heterocycles. The van der Waals surface area contributed by atoms with Gasteiger partial charge in [0.25, 0.3) is 0 Å². The van der Waals surface area contributed by atoms with E-state index in [9.17, 15) is 9.59 Å². The predicted molar refractivity (Wildman–Crippen MR) is 68.2 cm³/mol. The number of carbonyl (C=O) groups is 2. The van der Waals surface area contributed by atoms with E-state index in [1.54, 1.807) is 11.9 Å². The fourth-order valence-corrected chi connectivity index (χ4v) is 2.30. The molecule has 0 saturated carbocycles. The molecule has 2 amide bonds. The summed E-state index contributed by atoms with van der Waals surface area (Å²) >= 11 is 0. The van der Waals surface area contributed by atoms with Crippen molar-refractivity contribution in [3.05, 3.63) is 17.0 Å². The van der Waals surface area contributed by atoms with Crippen LogP contribution in [0.4, 0.5) is 0 Å². The van der Waals surface area contributed by atoms with Crippen molar-refractivity contribution in [1.29, 1.82) is 0 Å². The molecular formula is C13H19N3O3. The highest BCUT2D eigenvalue weighted by molar-refractivity contribution is 5.83. The molecule has 0 bridgehead atoms. The van der Waals surface area contributed by atoms with Gasteiger partial charge in [-0.3, -0.25) is 9.59 Å². The standard InChI is InChI=1S/C13H19N3O3/c1-8-11(9(2)19-15-8)7-16(3)13(18)10-4-5-12(17)14-6-10/h10H,4-7H2,1-3H3,(H,14,17)/t10-/m0/s1. The molecule has 2 heterocycles. The number of nitrogens with zero attached hydrogens (tertiary/aromatic N) is 2. The Bertz CT molecular complexity index is 466. The summed E-state index contributed by atoms with van der Waals surface area (Å²) in [4.78, 5) is 25.0. The van der Waals surface area contributed by atoms with E-state index >= 15 is 0 Å². The second-order valence-electron chi connectivity index (χ2n) is 5.04. The van der Waals surface area contributed by atoms with Crippen molar-refractivity contribution < 1.29 is 14.1 Å². The van der Waals surface area contributed by atoms with Gasteiger partial charge in [-0.05, 0) is 20.3 Å². The molecule has 1 aromatic rings. The van der Waals surface area contributed by atoms with Gasteiger partial charge in [0, 0.05) is 25.6 Å². The van der Waals surface area contributed by atoms with Crippen molar-refractivity contribution in [2.24, 2.45) is 5.92 Å². The van der Waals surface area contributed by atoms with Crippen LogP contribution in [-0.4, -0.2) is 35.5 Å². The highest BCUT2D eigenvalue weighted by Crippen LogP contribution is 2.18. The molecule has 6 heteroatoms. The Morgan fingerprint density at radius 1 is 1.53 bits per heavy atom. The van der Waals surface area contributed by atoms with E-state index < -0.39 is 0 Å². The molecule has 1 saturated heterocycles. The predicted octanol–water partition coefficient (Wildman–Crippen LogP) is 0.776. The first-order chi connectivity index (χ1) is 8.99. The highest BCUT2D eigenvalue weighted by atomic mass is 16.5. The lowest BCUT2D eigenvalue weighted by molar-refractivity contribution is -0.136. The summed E-state index contributed by atoms with van der Waals surface area (Å²) in [5.41, 5.74) is 1.77. The van der Waals surface area contributed by atoms with Gasteiger partial charge in [0.05, 0.1) is 18.2 Å². The van der Waals surface area contributed by atoms with Crippen molar-refractivity contribution in [2.75, 3.05) is 13.6 Å². The van der Waals surface area contributed by atoms with Crippen LogP contribution in [0.1, 0.15) is 29.9 Å². The van der Waals surface area contributed by atoms with Crippen LogP contribution in [0.15, 0.2) is 4.52 Å². The van der Waals surface area contributed by atoms with Gasteiger partial charge < -0.3 is 14.7 Å². The summed E-state index contributed by atoms with van der Waals surface area (Å²) in [7, 11) is 1.77. The van der Waals surface area contributed by atoms with Crippen molar-refractivity contribution in [3.8, 4) is 0 Å². The molecule has 1 N–H and O–H groups in total. The Morgan fingerprint density at radius 3 is 2.79 bits per heavy atom. The average molecular weight is 265 g/mol. The number of aromatic nitrogens is 1. The molecule has 0 aliphatic carbocycles. The van der Waals surface area contributed by atoms with Gasteiger partial charge in [-0.25, -0.2) is 0 Å². The summed E-state index contributed by atoms with van der Waals surface area (Å²) < 4.78 is 5.09. The smallest absolute Gasteiger partial charge is 0.227 e. The lowest BCUT2D eigenvalue weighted by atomic mass is 9.97. The number of hydrogen-bond donors (Lipinski definition) is 1. The normalized spacial score (nSPS) is 19.1. The number of hydrogen-bond acceptors (Lipinski definition) is 4. The molecule has 104 valence electrons. The van der Waals surface area contributed by atoms with E-state index in [4.69, 9.17) is 4.52 Å². The van der Waals surface area contributed by atoms with Crippen LogP contribution in [0.3, 0.4) is 0 Å². The second kappa shape index (κ2) is 5.42. The van der Waals surface area contributed by atoms with E-state index in [0.29, 0.717) is 25.9 Å². The third-order valence-electron chi connectivity index (χ3n) is 3.57. The Labute approximate surface area is 112 Å². The maximum absolute atomic E-state index is 12.3. The van der Waals surface area contributed by atoms with Gasteiger partial charge in [0.2, 0.25) is 11.8 Å². The van der Waals surface area contributed by atoms with E-state index in [0.717, 1.165) is 17.0 Å². The lowest BCUT2D eigenvalue weighted by Gasteiger charge is -2.26. The quantitative estimate of drug-likeness (QED) is 0.876. The number of aryl methyl sites for hydroxylation is 2. The number of amides is 2. The van der Waals surface area contributed by atoms with E-state index in [1.165, 1.54) is 0 Å². The van der Waals surface area contributed by atoms with E-state index in [1.807, 2.05) is 13.8 Å². The Kier molecular flexibility index (Phi) is 3.87.